The molecule has 4 rings (SSSR count). The molecule has 7 heteroatoms. The first kappa shape index (κ1) is 18.3. The maximum atomic E-state index is 13.3. The Hall–Kier alpha value is -2.09. The number of hydrogen-bond donors (Lipinski definition) is 1. The van der Waals surface area contributed by atoms with Gasteiger partial charge in [-0.2, -0.15) is 0 Å². The van der Waals surface area contributed by atoms with E-state index in [1.54, 1.807) is 30.3 Å². The molecule has 144 valence electrons. The van der Waals surface area contributed by atoms with Crippen molar-refractivity contribution in [3.8, 4) is 11.5 Å². The van der Waals surface area contributed by atoms with Crippen molar-refractivity contribution in [3.05, 3.63) is 53.6 Å². The number of aryl methyl sites for hydroxylation is 1. The number of nitrogens with two attached hydrogens (primary N) is 1. The molecular weight excluding hydrogens is 366 g/mol. The van der Waals surface area contributed by atoms with Gasteiger partial charge >= 0.3 is 0 Å². The Balaban J connectivity index is 1.72. The number of fused-ring (bicyclic) bond motifs is 1. The van der Waals surface area contributed by atoms with Gasteiger partial charge in [-0.25, -0.2) is 8.42 Å². The molecule has 2 aliphatic rings. The van der Waals surface area contributed by atoms with Crippen LogP contribution in [0.5, 0.6) is 11.5 Å². The minimum Gasteiger partial charge on any atom is -0.454 e. The molecule has 0 bridgehead atoms. The van der Waals surface area contributed by atoms with Gasteiger partial charge in [0.1, 0.15) is 0 Å². The van der Waals surface area contributed by atoms with Gasteiger partial charge in [0.25, 0.3) is 0 Å². The van der Waals surface area contributed by atoms with Crippen molar-refractivity contribution in [2.24, 2.45) is 5.73 Å². The quantitative estimate of drug-likeness (QED) is 0.816. The number of ether oxygens (including phenoxy) is 3. The summed E-state index contributed by atoms with van der Waals surface area (Å²) < 4.78 is 43.0. The molecule has 0 unspecified atom stereocenters. The fraction of sp³-hybridized carbons (Fsp3) is 0.400. The zero-order valence-electron chi connectivity index (χ0n) is 15.3. The zero-order chi connectivity index (χ0) is 19.2. The summed E-state index contributed by atoms with van der Waals surface area (Å²) in [6.45, 7) is 4.61. The monoisotopic (exact) mass is 389 g/mol. The molecule has 2 aromatic carbocycles. The number of sulfone groups is 1. The molecule has 1 saturated carbocycles. The first-order valence-electron chi connectivity index (χ1n) is 8.94. The average molecular weight is 389 g/mol. The van der Waals surface area contributed by atoms with Crippen molar-refractivity contribution in [1.82, 2.24) is 0 Å². The van der Waals surface area contributed by atoms with E-state index in [2.05, 4.69) is 0 Å². The van der Waals surface area contributed by atoms with E-state index in [1.807, 2.05) is 26.0 Å². The van der Waals surface area contributed by atoms with E-state index < -0.39 is 20.6 Å². The number of hydrogen-bond acceptors (Lipinski definition) is 6. The van der Waals surface area contributed by atoms with Crippen LogP contribution in [0.1, 0.15) is 24.0 Å². The van der Waals surface area contributed by atoms with E-state index in [0.717, 1.165) is 11.1 Å². The predicted octanol–water partition coefficient (Wildman–Crippen LogP) is 2.40. The lowest BCUT2D eigenvalue weighted by molar-refractivity contribution is 0.125. The summed E-state index contributed by atoms with van der Waals surface area (Å²) in [6.07, 6.45) is 0. The lowest BCUT2D eigenvalue weighted by Gasteiger charge is -2.12. The minimum absolute atomic E-state index is 0.168. The third-order valence-electron chi connectivity index (χ3n) is 5.30. The van der Waals surface area contributed by atoms with E-state index >= 15 is 0 Å². The van der Waals surface area contributed by atoms with Crippen LogP contribution in [0.3, 0.4) is 0 Å². The molecule has 27 heavy (non-hydrogen) atoms. The van der Waals surface area contributed by atoms with Crippen LogP contribution in [-0.2, 0) is 14.6 Å². The fourth-order valence-electron chi connectivity index (χ4n) is 3.81. The number of rotatable bonds is 6. The molecule has 0 radical (unpaired) electrons. The van der Waals surface area contributed by atoms with Crippen LogP contribution in [0.25, 0.3) is 0 Å². The van der Waals surface area contributed by atoms with Crippen molar-refractivity contribution in [2.75, 3.05) is 20.0 Å². The smallest absolute Gasteiger partial charge is 0.231 e. The summed E-state index contributed by atoms with van der Waals surface area (Å²) in [7, 11) is -3.61. The molecule has 1 aliphatic carbocycles. The summed E-state index contributed by atoms with van der Waals surface area (Å²) in [6, 6.07) is 12.4. The molecule has 0 amide bonds. The Morgan fingerprint density at radius 3 is 2.56 bits per heavy atom. The topological polar surface area (TPSA) is 87.9 Å². The Morgan fingerprint density at radius 1 is 1.15 bits per heavy atom. The molecule has 2 N–H and O–H groups in total. The zero-order valence-corrected chi connectivity index (χ0v) is 16.2. The van der Waals surface area contributed by atoms with Crippen molar-refractivity contribution in [1.29, 1.82) is 0 Å². The van der Waals surface area contributed by atoms with E-state index in [9.17, 15) is 8.42 Å². The summed E-state index contributed by atoms with van der Waals surface area (Å²) in [4.78, 5) is 0.285. The Labute approximate surface area is 159 Å². The molecule has 0 spiro atoms. The van der Waals surface area contributed by atoms with E-state index in [1.165, 1.54) is 0 Å². The molecule has 1 fully saturated rings. The van der Waals surface area contributed by atoms with Gasteiger partial charge in [0.05, 0.1) is 22.3 Å². The second-order valence-corrected chi connectivity index (χ2v) is 9.19. The molecule has 0 saturated heterocycles. The molecule has 1 aliphatic heterocycles. The van der Waals surface area contributed by atoms with Crippen LogP contribution >= 0.6 is 0 Å². The third kappa shape index (κ3) is 2.99. The molecule has 6 nitrogen and oxygen atoms in total. The van der Waals surface area contributed by atoms with Crippen molar-refractivity contribution in [2.45, 2.75) is 35.4 Å². The maximum Gasteiger partial charge on any atom is 0.231 e. The average Bonchev–Trinajstić information content (AvgIpc) is 3.03. The van der Waals surface area contributed by atoms with Crippen LogP contribution in [0.15, 0.2) is 47.4 Å². The van der Waals surface area contributed by atoms with Gasteiger partial charge in [-0.1, -0.05) is 23.8 Å². The van der Waals surface area contributed by atoms with Gasteiger partial charge < -0.3 is 19.9 Å². The van der Waals surface area contributed by atoms with Gasteiger partial charge in [-0.3, -0.25) is 0 Å². The van der Waals surface area contributed by atoms with Crippen LogP contribution in [-0.4, -0.2) is 39.2 Å². The first-order valence-corrected chi connectivity index (χ1v) is 10.5. The predicted molar refractivity (Wildman–Crippen MR) is 101 cm³/mol. The largest absolute Gasteiger partial charge is 0.454 e. The first-order chi connectivity index (χ1) is 12.9. The summed E-state index contributed by atoms with van der Waals surface area (Å²) >= 11 is 0. The lowest BCUT2D eigenvalue weighted by atomic mass is 10.1. The maximum absolute atomic E-state index is 13.3. The van der Waals surface area contributed by atoms with Gasteiger partial charge in [0.2, 0.25) is 6.79 Å². The molecule has 2 aromatic rings. The number of benzene rings is 2. The van der Waals surface area contributed by atoms with Crippen LogP contribution in [0.2, 0.25) is 0 Å². The van der Waals surface area contributed by atoms with Crippen LogP contribution in [0.4, 0.5) is 0 Å². The van der Waals surface area contributed by atoms with Gasteiger partial charge in [-0.15, -0.1) is 0 Å². The molecular formula is C20H23NO5S. The highest BCUT2D eigenvalue weighted by atomic mass is 32.2. The second-order valence-electron chi connectivity index (χ2n) is 7.12. The van der Waals surface area contributed by atoms with Crippen LogP contribution < -0.4 is 15.2 Å². The van der Waals surface area contributed by atoms with Gasteiger partial charge in [-0.05, 0) is 43.7 Å². The molecule has 1 heterocycles. The van der Waals surface area contributed by atoms with Crippen molar-refractivity contribution >= 4 is 9.84 Å². The molecule has 0 aromatic heterocycles. The fourth-order valence-corrected chi connectivity index (χ4v) is 6.10. The standard InChI is InChI=1S/C20H23NO5S/c1-3-24-11-20(21)18(14-6-9-16-17(10-14)26-12-25-16)19(20)27(22,23)15-7-4-13(2)5-8-15/h4-10,18-19H,3,11-12,21H2,1-2H3/t18-,19+,20-/m0/s1. The summed E-state index contributed by atoms with van der Waals surface area (Å²) in [5.41, 5.74) is 7.42. The Bertz CT molecular complexity index is 957. The Morgan fingerprint density at radius 2 is 1.85 bits per heavy atom. The highest BCUT2D eigenvalue weighted by Crippen LogP contribution is 2.56. The van der Waals surface area contributed by atoms with Crippen molar-refractivity contribution < 1.29 is 22.6 Å². The SMILES string of the molecule is CCOC[C@@]1(N)[C@H](S(=O)(=O)c2ccc(C)cc2)[C@@H]1c1ccc2c(c1)OCO2. The highest BCUT2D eigenvalue weighted by molar-refractivity contribution is 7.92. The Kier molecular flexibility index (Phi) is 4.41. The van der Waals surface area contributed by atoms with E-state index in [-0.39, 0.29) is 24.2 Å². The summed E-state index contributed by atoms with van der Waals surface area (Å²) in [5.74, 6) is 0.902. The van der Waals surface area contributed by atoms with Gasteiger partial charge in [0, 0.05) is 12.5 Å². The van der Waals surface area contributed by atoms with Crippen LogP contribution in [0, 0.1) is 6.92 Å². The van der Waals surface area contributed by atoms with Gasteiger partial charge in [0.15, 0.2) is 21.3 Å². The van der Waals surface area contributed by atoms with E-state index in [0.29, 0.717) is 18.1 Å². The molecule has 3 atom stereocenters. The normalized spacial score (nSPS) is 26.2. The minimum atomic E-state index is -3.61. The lowest BCUT2D eigenvalue weighted by Crippen LogP contribution is -2.36. The van der Waals surface area contributed by atoms with Crippen molar-refractivity contribution in [3.63, 3.8) is 0 Å². The third-order valence-corrected chi connectivity index (χ3v) is 7.61. The second kappa shape index (κ2) is 6.51. The summed E-state index contributed by atoms with van der Waals surface area (Å²) in [5, 5.41) is -0.750. The van der Waals surface area contributed by atoms with E-state index in [4.69, 9.17) is 19.9 Å². The highest BCUT2D eigenvalue weighted by Gasteiger charge is 2.69.